The van der Waals surface area contributed by atoms with Gasteiger partial charge >= 0.3 is 0 Å². The van der Waals surface area contributed by atoms with Crippen molar-refractivity contribution < 1.29 is 9.50 Å². The molecular formula is C14H20FNOS. The number of aliphatic hydroxyl groups excluding tert-OH is 1. The normalized spacial score (nSPS) is 27.6. The first-order valence-corrected chi connectivity index (χ1v) is 7.33. The van der Waals surface area contributed by atoms with Crippen LogP contribution in [-0.2, 0) is 0 Å². The van der Waals surface area contributed by atoms with E-state index in [1.165, 1.54) is 12.1 Å². The molecule has 100 valence electrons. The van der Waals surface area contributed by atoms with Crippen LogP contribution in [0.5, 0.6) is 0 Å². The Morgan fingerprint density at radius 3 is 2.78 bits per heavy atom. The molecule has 4 heteroatoms. The average molecular weight is 269 g/mol. The largest absolute Gasteiger partial charge is 0.394 e. The molecule has 18 heavy (non-hydrogen) atoms. The number of nitrogens with one attached hydrogen (secondary N) is 1. The van der Waals surface area contributed by atoms with Gasteiger partial charge in [-0.3, -0.25) is 0 Å². The molecule has 0 aromatic heterocycles. The smallest absolute Gasteiger partial charge is 0.123 e. The van der Waals surface area contributed by atoms with Crippen LogP contribution < -0.4 is 5.32 Å². The van der Waals surface area contributed by atoms with Gasteiger partial charge in [0.25, 0.3) is 0 Å². The summed E-state index contributed by atoms with van der Waals surface area (Å²) in [6.45, 7) is 3.15. The maximum Gasteiger partial charge on any atom is 0.123 e. The van der Waals surface area contributed by atoms with Crippen LogP contribution in [0, 0.1) is 5.82 Å². The molecule has 1 aliphatic carbocycles. The molecule has 0 spiro atoms. The van der Waals surface area contributed by atoms with E-state index in [1.54, 1.807) is 11.8 Å². The summed E-state index contributed by atoms with van der Waals surface area (Å²) in [4.78, 5) is 1.10. The minimum Gasteiger partial charge on any atom is -0.394 e. The fraction of sp³-hybridized carbons (Fsp3) is 0.571. The predicted octanol–water partition coefficient (Wildman–Crippen LogP) is 2.81. The predicted molar refractivity (Wildman–Crippen MR) is 73.4 cm³/mol. The summed E-state index contributed by atoms with van der Waals surface area (Å²) in [5.74, 6) is -0.192. The van der Waals surface area contributed by atoms with Gasteiger partial charge in [-0.25, -0.2) is 4.39 Å². The Kier molecular flexibility index (Phi) is 4.65. The first-order chi connectivity index (χ1) is 8.67. The molecule has 0 aliphatic heterocycles. The van der Waals surface area contributed by atoms with E-state index in [0.717, 1.165) is 30.7 Å². The van der Waals surface area contributed by atoms with E-state index >= 15 is 0 Å². The molecule has 2 unspecified atom stereocenters. The molecular weight excluding hydrogens is 249 g/mol. The topological polar surface area (TPSA) is 32.3 Å². The number of likely N-dealkylation sites (N-methyl/N-ethyl adjacent to an activating group) is 1. The van der Waals surface area contributed by atoms with Crippen LogP contribution in [0.25, 0.3) is 0 Å². The van der Waals surface area contributed by atoms with E-state index < -0.39 is 0 Å². The molecule has 0 heterocycles. The summed E-state index contributed by atoms with van der Waals surface area (Å²) in [6.07, 6.45) is 3.07. The number of thioether (sulfide) groups is 1. The molecule has 1 aromatic rings. The standard InChI is InChI=1S/C14H20FNOS/c1-2-16-14(10-17)8-7-13(9-14)18-12-5-3-11(15)4-6-12/h3-6,13,16-17H,2,7-10H2,1H3. The van der Waals surface area contributed by atoms with Gasteiger partial charge in [0, 0.05) is 15.7 Å². The SMILES string of the molecule is CCNC1(CO)CCC(Sc2ccc(F)cc2)C1. The van der Waals surface area contributed by atoms with Gasteiger partial charge in [-0.2, -0.15) is 0 Å². The lowest BCUT2D eigenvalue weighted by molar-refractivity contribution is 0.167. The molecule has 2 N–H and O–H groups in total. The third-order valence-electron chi connectivity index (χ3n) is 3.53. The van der Waals surface area contributed by atoms with Crippen LogP contribution in [0.1, 0.15) is 26.2 Å². The van der Waals surface area contributed by atoms with Crippen molar-refractivity contribution in [2.75, 3.05) is 13.2 Å². The molecule has 2 nitrogen and oxygen atoms in total. The summed E-state index contributed by atoms with van der Waals surface area (Å²) in [6, 6.07) is 6.65. The Balaban J connectivity index is 1.94. The summed E-state index contributed by atoms with van der Waals surface area (Å²) >= 11 is 1.79. The lowest BCUT2D eigenvalue weighted by atomic mass is 9.99. The van der Waals surface area contributed by atoms with Crippen molar-refractivity contribution >= 4 is 11.8 Å². The second kappa shape index (κ2) is 6.04. The summed E-state index contributed by atoms with van der Waals surface area (Å²) < 4.78 is 12.8. The molecule has 1 aliphatic rings. The molecule has 0 amide bonds. The lowest BCUT2D eigenvalue weighted by Crippen LogP contribution is -2.46. The number of benzene rings is 1. The maximum atomic E-state index is 12.8. The Bertz CT molecular complexity index is 384. The zero-order chi connectivity index (χ0) is 13.0. The fourth-order valence-electron chi connectivity index (χ4n) is 2.62. The van der Waals surface area contributed by atoms with Crippen molar-refractivity contribution in [2.24, 2.45) is 0 Å². The van der Waals surface area contributed by atoms with Gasteiger partial charge in [-0.05, 0) is 50.1 Å². The number of halogens is 1. The Labute approximate surface area is 112 Å². The van der Waals surface area contributed by atoms with Crippen LogP contribution >= 0.6 is 11.8 Å². The molecule has 2 rings (SSSR count). The zero-order valence-corrected chi connectivity index (χ0v) is 11.5. The highest BCUT2D eigenvalue weighted by Gasteiger charge is 2.38. The van der Waals surface area contributed by atoms with Crippen LogP contribution in [-0.4, -0.2) is 29.0 Å². The van der Waals surface area contributed by atoms with Crippen molar-refractivity contribution in [3.05, 3.63) is 30.1 Å². The van der Waals surface area contributed by atoms with Gasteiger partial charge in [0.05, 0.1) is 6.61 Å². The quantitative estimate of drug-likeness (QED) is 0.862. The third-order valence-corrected chi connectivity index (χ3v) is 4.81. The molecule has 0 radical (unpaired) electrons. The summed E-state index contributed by atoms with van der Waals surface area (Å²) in [5, 5.41) is 13.5. The van der Waals surface area contributed by atoms with E-state index in [4.69, 9.17) is 0 Å². The third kappa shape index (κ3) is 3.25. The van der Waals surface area contributed by atoms with E-state index in [1.807, 2.05) is 12.1 Å². The average Bonchev–Trinajstić information content (AvgIpc) is 2.77. The van der Waals surface area contributed by atoms with Crippen LogP contribution in [0.3, 0.4) is 0 Å². The van der Waals surface area contributed by atoms with Crippen molar-refractivity contribution in [1.82, 2.24) is 5.32 Å². The fourth-order valence-corrected chi connectivity index (χ4v) is 3.93. The van der Waals surface area contributed by atoms with Gasteiger partial charge in [0.1, 0.15) is 5.82 Å². The van der Waals surface area contributed by atoms with E-state index in [9.17, 15) is 9.50 Å². The number of rotatable bonds is 5. The minimum absolute atomic E-state index is 0.105. The number of hydrogen-bond acceptors (Lipinski definition) is 3. The monoisotopic (exact) mass is 269 g/mol. The van der Waals surface area contributed by atoms with Gasteiger partial charge in [0.2, 0.25) is 0 Å². The highest BCUT2D eigenvalue weighted by Crippen LogP contribution is 2.40. The highest BCUT2D eigenvalue weighted by atomic mass is 32.2. The Morgan fingerprint density at radius 1 is 1.44 bits per heavy atom. The maximum absolute atomic E-state index is 12.8. The Morgan fingerprint density at radius 2 is 2.17 bits per heavy atom. The molecule has 2 atom stereocenters. The minimum atomic E-state index is -0.192. The molecule has 0 bridgehead atoms. The molecule has 1 fully saturated rings. The van der Waals surface area contributed by atoms with Gasteiger partial charge in [-0.15, -0.1) is 11.8 Å². The molecule has 1 saturated carbocycles. The second-order valence-corrected chi connectivity index (χ2v) is 6.28. The van der Waals surface area contributed by atoms with Crippen LogP contribution in [0.4, 0.5) is 4.39 Å². The molecule has 0 saturated heterocycles. The first-order valence-electron chi connectivity index (χ1n) is 6.45. The summed E-state index contributed by atoms with van der Waals surface area (Å²) in [5.41, 5.74) is -0.105. The number of hydrogen-bond donors (Lipinski definition) is 2. The van der Waals surface area contributed by atoms with Crippen molar-refractivity contribution in [3.63, 3.8) is 0 Å². The van der Waals surface area contributed by atoms with Gasteiger partial charge in [0.15, 0.2) is 0 Å². The first kappa shape index (κ1) is 13.8. The van der Waals surface area contributed by atoms with E-state index in [-0.39, 0.29) is 18.0 Å². The van der Waals surface area contributed by atoms with Crippen molar-refractivity contribution in [3.8, 4) is 0 Å². The molecule has 1 aromatic carbocycles. The number of aliphatic hydroxyl groups is 1. The van der Waals surface area contributed by atoms with Crippen LogP contribution in [0.2, 0.25) is 0 Å². The second-order valence-electron chi connectivity index (χ2n) is 4.91. The summed E-state index contributed by atoms with van der Waals surface area (Å²) in [7, 11) is 0. The van der Waals surface area contributed by atoms with Gasteiger partial charge < -0.3 is 10.4 Å². The van der Waals surface area contributed by atoms with E-state index in [2.05, 4.69) is 12.2 Å². The zero-order valence-electron chi connectivity index (χ0n) is 10.7. The van der Waals surface area contributed by atoms with E-state index in [0.29, 0.717) is 5.25 Å². The highest BCUT2D eigenvalue weighted by molar-refractivity contribution is 8.00. The van der Waals surface area contributed by atoms with Crippen molar-refractivity contribution in [1.29, 1.82) is 0 Å². The Hall–Kier alpha value is -0.580. The lowest BCUT2D eigenvalue weighted by Gasteiger charge is -2.28. The van der Waals surface area contributed by atoms with Gasteiger partial charge in [-0.1, -0.05) is 6.92 Å². The van der Waals surface area contributed by atoms with Crippen molar-refractivity contribution in [2.45, 2.75) is 41.9 Å². The van der Waals surface area contributed by atoms with Crippen LogP contribution in [0.15, 0.2) is 29.2 Å².